The number of thiophene rings is 1. The predicted molar refractivity (Wildman–Crippen MR) is 122 cm³/mol. The zero-order valence-electron chi connectivity index (χ0n) is 15.8. The minimum Gasteiger partial charge on any atom is -0.486 e. The van der Waals surface area contributed by atoms with E-state index in [4.69, 9.17) is 9.47 Å². The third kappa shape index (κ3) is 5.98. The summed E-state index contributed by atoms with van der Waals surface area (Å²) < 4.78 is 11.7. The number of benzene rings is 1. The van der Waals surface area contributed by atoms with Crippen molar-refractivity contribution >= 4 is 41.3 Å². The smallest absolute Gasteiger partial charge is 0.191 e. The molecule has 2 unspecified atom stereocenters. The molecule has 148 valence electrons. The Morgan fingerprint density at radius 3 is 2.67 bits per heavy atom. The summed E-state index contributed by atoms with van der Waals surface area (Å²) in [5.41, 5.74) is 0. The maximum absolute atomic E-state index is 5.97. The fraction of sp³-hybridized carbons (Fsp3) is 0.421. The molecule has 1 aliphatic heterocycles. The van der Waals surface area contributed by atoms with Gasteiger partial charge in [0.15, 0.2) is 17.5 Å². The second-order valence-corrected chi connectivity index (χ2v) is 7.31. The lowest BCUT2D eigenvalue weighted by Crippen LogP contribution is -2.47. The van der Waals surface area contributed by atoms with Gasteiger partial charge in [0.25, 0.3) is 0 Å². The first-order valence-electron chi connectivity index (χ1n) is 8.70. The summed E-state index contributed by atoms with van der Waals surface area (Å²) in [5, 5.41) is 8.84. The summed E-state index contributed by atoms with van der Waals surface area (Å²) in [7, 11) is 5.96. The molecule has 2 N–H and O–H groups in total. The zero-order valence-corrected chi connectivity index (χ0v) is 19.0. The molecule has 8 heteroatoms. The van der Waals surface area contributed by atoms with Crippen molar-refractivity contribution < 1.29 is 9.47 Å². The molecule has 0 bridgehead atoms. The van der Waals surface area contributed by atoms with E-state index < -0.39 is 0 Å². The summed E-state index contributed by atoms with van der Waals surface area (Å²) >= 11 is 1.77. The number of aliphatic imine (C=N–C) groups is 1. The molecule has 6 nitrogen and oxygen atoms in total. The topological polar surface area (TPSA) is 58.1 Å². The van der Waals surface area contributed by atoms with E-state index in [-0.39, 0.29) is 30.1 Å². The molecule has 0 aliphatic carbocycles. The molecule has 0 amide bonds. The van der Waals surface area contributed by atoms with Crippen molar-refractivity contribution in [1.82, 2.24) is 15.5 Å². The standard InChI is InChI=1S/C19H26N4O2S.HI/c1-20-19(22-12-15(23(2)3)18-9-6-10-26-18)21-11-14-13-24-16-7-4-5-8-17(16)25-14;/h4-10,14-15H,11-13H2,1-3H3,(H2,20,21,22);1H. The first kappa shape index (κ1) is 21.8. The van der Waals surface area contributed by atoms with Gasteiger partial charge in [0.1, 0.15) is 12.7 Å². The lowest BCUT2D eigenvalue weighted by molar-refractivity contribution is 0.0936. The SMILES string of the molecule is CN=C(NCC1COc2ccccc2O1)NCC(c1cccs1)N(C)C.I. The van der Waals surface area contributed by atoms with Crippen molar-refractivity contribution in [2.75, 3.05) is 40.8 Å². The first-order valence-corrected chi connectivity index (χ1v) is 9.58. The number of guanidine groups is 1. The van der Waals surface area contributed by atoms with Crippen molar-refractivity contribution in [2.45, 2.75) is 12.1 Å². The van der Waals surface area contributed by atoms with Gasteiger partial charge in [0.2, 0.25) is 0 Å². The summed E-state index contributed by atoms with van der Waals surface area (Å²) in [4.78, 5) is 7.85. The maximum Gasteiger partial charge on any atom is 0.191 e. The van der Waals surface area contributed by atoms with Gasteiger partial charge in [-0.05, 0) is 37.7 Å². The van der Waals surface area contributed by atoms with Crippen LogP contribution in [0.25, 0.3) is 0 Å². The summed E-state index contributed by atoms with van der Waals surface area (Å²) in [6.07, 6.45) is -0.0506. The van der Waals surface area contributed by atoms with E-state index in [1.807, 2.05) is 24.3 Å². The molecule has 0 saturated carbocycles. The Morgan fingerprint density at radius 2 is 2.00 bits per heavy atom. The van der Waals surface area contributed by atoms with Crippen LogP contribution in [0.3, 0.4) is 0 Å². The second-order valence-electron chi connectivity index (χ2n) is 6.33. The molecule has 1 aliphatic rings. The van der Waals surface area contributed by atoms with Crippen LogP contribution < -0.4 is 20.1 Å². The summed E-state index contributed by atoms with van der Waals surface area (Å²) in [6.45, 7) is 1.92. The van der Waals surface area contributed by atoms with Crippen molar-refractivity contribution in [2.24, 2.45) is 4.99 Å². The van der Waals surface area contributed by atoms with E-state index in [1.54, 1.807) is 18.4 Å². The Morgan fingerprint density at radius 1 is 1.22 bits per heavy atom. The van der Waals surface area contributed by atoms with Crippen molar-refractivity contribution in [3.8, 4) is 11.5 Å². The summed E-state index contributed by atoms with van der Waals surface area (Å²) in [5.74, 6) is 2.35. The minimum absolute atomic E-state index is 0. The van der Waals surface area contributed by atoms with E-state index in [2.05, 4.69) is 52.1 Å². The largest absolute Gasteiger partial charge is 0.486 e. The molecule has 0 spiro atoms. The average Bonchev–Trinajstić information content (AvgIpc) is 3.18. The van der Waals surface area contributed by atoms with Crippen LogP contribution in [0.15, 0.2) is 46.8 Å². The molecule has 27 heavy (non-hydrogen) atoms. The van der Waals surface area contributed by atoms with Crippen LogP contribution in [0.1, 0.15) is 10.9 Å². The van der Waals surface area contributed by atoms with Gasteiger partial charge in [-0.1, -0.05) is 18.2 Å². The molecule has 0 radical (unpaired) electrons. The van der Waals surface area contributed by atoms with E-state index in [9.17, 15) is 0 Å². The Kier molecular flexibility index (Phi) is 8.65. The molecule has 0 fully saturated rings. The number of ether oxygens (including phenoxy) is 2. The van der Waals surface area contributed by atoms with Gasteiger partial charge in [-0.25, -0.2) is 0 Å². The highest BCUT2D eigenvalue weighted by Gasteiger charge is 2.21. The zero-order chi connectivity index (χ0) is 18.4. The quantitative estimate of drug-likeness (QED) is 0.362. The van der Waals surface area contributed by atoms with Gasteiger partial charge in [-0.2, -0.15) is 0 Å². The summed E-state index contributed by atoms with van der Waals surface area (Å²) in [6, 6.07) is 12.3. The Balaban J connectivity index is 0.00000261. The second kappa shape index (κ2) is 10.7. The van der Waals surface area contributed by atoms with E-state index in [0.29, 0.717) is 19.2 Å². The van der Waals surface area contributed by atoms with Crippen LogP contribution in [0, 0.1) is 0 Å². The molecular formula is C19H27IN4O2S. The molecule has 2 atom stereocenters. The Hall–Kier alpha value is -1.52. The van der Waals surface area contributed by atoms with Gasteiger partial charge in [-0.3, -0.25) is 4.99 Å². The van der Waals surface area contributed by atoms with E-state index in [1.165, 1.54) is 4.88 Å². The van der Waals surface area contributed by atoms with Gasteiger partial charge >= 0.3 is 0 Å². The number of para-hydroxylation sites is 2. The lowest BCUT2D eigenvalue weighted by Gasteiger charge is -2.28. The van der Waals surface area contributed by atoms with E-state index in [0.717, 1.165) is 24.0 Å². The van der Waals surface area contributed by atoms with Gasteiger partial charge in [-0.15, -0.1) is 35.3 Å². The number of hydrogen-bond acceptors (Lipinski definition) is 5. The highest BCUT2D eigenvalue weighted by molar-refractivity contribution is 14.0. The van der Waals surface area contributed by atoms with Crippen LogP contribution in [-0.4, -0.2) is 57.8 Å². The van der Waals surface area contributed by atoms with Crippen LogP contribution >= 0.6 is 35.3 Å². The number of hydrogen-bond donors (Lipinski definition) is 2. The highest BCUT2D eigenvalue weighted by atomic mass is 127. The van der Waals surface area contributed by atoms with Gasteiger partial charge in [0.05, 0.1) is 12.6 Å². The van der Waals surface area contributed by atoms with Crippen molar-refractivity contribution in [1.29, 1.82) is 0 Å². The first-order chi connectivity index (χ1) is 12.7. The molecule has 0 saturated heterocycles. The van der Waals surface area contributed by atoms with Crippen molar-refractivity contribution in [3.63, 3.8) is 0 Å². The minimum atomic E-state index is -0.0506. The van der Waals surface area contributed by atoms with Gasteiger partial charge in [0, 0.05) is 18.5 Å². The maximum atomic E-state index is 5.97. The molecule has 2 aromatic rings. The molecule has 1 aromatic carbocycles. The number of fused-ring (bicyclic) bond motifs is 1. The number of halogens is 1. The monoisotopic (exact) mass is 502 g/mol. The van der Waals surface area contributed by atoms with E-state index >= 15 is 0 Å². The number of likely N-dealkylation sites (N-methyl/N-ethyl adjacent to an activating group) is 1. The molecule has 1 aromatic heterocycles. The van der Waals surface area contributed by atoms with Crippen LogP contribution in [0.5, 0.6) is 11.5 Å². The number of rotatable bonds is 6. The lowest BCUT2D eigenvalue weighted by atomic mass is 10.2. The third-order valence-electron chi connectivity index (χ3n) is 4.25. The fourth-order valence-corrected chi connectivity index (χ4v) is 3.73. The Labute approximate surface area is 182 Å². The van der Waals surface area contributed by atoms with Gasteiger partial charge < -0.3 is 25.0 Å². The molecule has 3 rings (SSSR count). The number of nitrogens with one attached hydrogen (secondary N) is 2. The van der Waals surface area contributed by atoms with Crippen LogP contribution in [0.2, 0.25) is 0 Å². The third-order valence-corrected chi connectivity index (χ3v) is 5.22. The highest BCUT2D eigenvalue weighted by Crippen LogP contribution is 2.30. The average molecular weight is 502 g/mol. The van der Waals surface area contributed by atoms with Crippen molar-refractivity contribution in [3.05, 3.63) is 46.7 Å². The Bertz CT molecular complexity index is 724. The number of nitrogens with zero attached hydrogens (tertiary/aromatic N) is 2. The van der Waals surface area contributed by atoms with Crippen LogP contribution in [-0.2, 0) is 0 Å². The predicted octanol–water partition coefficient (Wildman–Crippen LogP) is 2.97. The molecule has 2 heterocycles. The normalized spacial score (nSPS) is 17.2. The molecular weight excluding hydrogens is 475 g/mol. The fourth-order valence-electron chi connectivity index (χ4n) is 2.81. The van der Waals surface area contributed by atoms with Crippen LogP contribution in [0.4, 0.5) is 0 Å².